The molecule has 1 amide bonds. The van der Waals surface area contributed by atoms with E-state index in [0.29, 0.717) is 34.0 Å². The summed E-state index contributed by atoms with van der Waals surface area (Å²) in [6.45, 7) is 2.71. The molecule has 2 nitrogen and oxygen atoms in total. The normalized spacial score (nSPS) is 12.2. The molecule has 0 aliphatic heterocycles. The molecular weight excluding hydrogens is 293 g/mol. The van der Waals surface area contributed by atoms with Crippen molar-refractivity contribution in [3.63, 3.8) is 0 Å². The number of alkyl halides is 1. The van der Waals surface area contributed by atoms with Crippen LogP contribution >= 0.6 is 34.8 Å². The molecule has 0 fully saturated rings. The first-order valence-electron chi connectivity index (χ1n) is 5.87. The quantitative estimate of drug-likeness (QED) is 0.776. The maximum atomic E-state index is 11.9. The number of carbonyl (C=O) groups excluding carboxylic acids is 1. The van der Waals surface area contributed by atoms with Gasteiger partial charge in [0.25, 0.3) is 5.91 Å². The van der Waals surface area contributed by atoms with E-state index in [9.17, 15) is 4.79 Å². The lowest BCUT2D eigenvalue weighted by atomic mass is 10.0. The average Bonchev–Trinajstić information content (AvgIpc) is 2.37. The Kier molecular flexibility index (Phi) is 6.83. The molecule has 0 saturated carbocycles. The molecule has 1 unspecified atom stereocenters. The molecule has 0 aromatic heterocycles. The second-order valence-corrected chi connectivity index (χ2v) is 5.28. The zero-order valence-electron chi connectivity index (χ0n) is 10.2. The SMILES string of the molecule is CCC(CCCl)CNC(=O)c1ccc(Cl)c(Cl)c1. The van der Waals surface area contributed by atoms with Gasteiger partial charge in [-0.15, -0.1) is 11.6 Å². The first kappa shape index (κ1) is 15.6. The van der Waals surface area contributed by atoms with Crippen molar-refractivity contribution in [2.24, 2.45) is 5.92 Å². The molecular formula is C13H16Cl3NO. The summed E-state index contributed by atoms with van der Waals surface area (Å²) in [6.07, 6.45) is 1.90. The van der Waals surface area contributed by atoms with Crippen molar-refractivity contribution in [3.8, 4) is 0 Å². The molecule has 1 aromatic carbocycles. The van der Waals surface area contributed by atoms with Crippen LogP contribution in [0.3, 0.4) is 0 Å². The van der Waals surface area contributed by atoms with Crippen LogP contribution in [0.2, 0.25) is 10.0 Å². The molecule has 0 bridgehead atoms. The van der Waals surface area contributed by atoms with E-state index >= 15 is 0 Å². The Morgan fingerprint density at radius 1 is 1.33 bits per heavy atom. The van der Waals surface area contributed by atoms with Crippen molar-refractivity contribution < 1.29 is 4.79 Å². The van der Waals surface area contributed by atoms with E-state index in [0.717, 1.165) is 12.8 Å². The smallest absolute Gasteiger partial charge is 0.251 e. The molecule has 1 aromatic rings. The van der Waals surface area contributed by atoms with Gasteiger partial charge in [0.15, 0.2) is 0 Å². The number of halogens is 3. The Morgan fingerprint density at radius 3 is 2.61 bits per heavy atom. The summed E-state index contributed by atoms with van der Waals surface area (Å²) >= 11 is 17.4. The minimum absolute atomic E-state index is 0.137. The molecule has 0 radical (unpaired) electrons. The largest absolute Gasteiger partial charge is 0.352 e. The van der Waals surface area contributed by atoms with E-state index in [-0.39, 0.29) is 5.91 Å². The van der Waals surface area contributed by atoms with Crippen LogP contribution in [-0.4, -0.2) is 18.3 Å². The van der Waals surface area contributed by atoms with E-state index in [1.54, 1.807) is 18.2 Å². The summed E-state index contributed by atoms with van der Waals surface area (Å²) in [6, 6.07) is 4.85. The van der Waals surface area contributed by atoms with Crippen molar-refractivity contribution in [1.29, 1.82) is 0 Å². The van der Waals surface area contributed by atoms with Gasteiger partial charge >= 0.3 is 0 Å². The maximum absolute atomic E-state index is 11.9. The molecule has 5 heteroatoms. The topological polar surface area (TPSA) is 29.1 Å². The number of hydrogen-bond acceptors (Lipinski definition) is 1. The van der Waals surface area contributed by atoms with Crippen molar-refractivity contribution in [2.75, 3.05) is 12.4 Å². The summed E-state index contributed by atoms with van der Waals surface area (Å²) in [7, 11) is 0. The first-order chi connectivity index (χ1) is 8.58. The van der Waals surface area contributed by atoms with Gasteiger partial charge in [0.2, 0.25) is 0 Å². The van der Waals surface area contributed by atoms with Crippen molar-refractivity contribution in [1.82, 2.24) is 5.32 Å². The van der Waals surface area contributed by atoms with E-state index in [4.69, 9.17) is 34.8 Å². The number of benzene rings is 1. The van der Waals surface area contributed by atoms with Crippen LogP contribution in [0.15, 0.2) is 18.2 Å². The second kappa shape index (κ2) is 7.88. The molecule has 0 heterocycles. The van der Waals surface area contributed by atoms with Gasteiger partial charge in [-0.3, -0.25) is 4.79 Å². The number of carbonyl (C=O) groups is 1. The summed E-state index contributed by atoms with van der Waals surface area (Å²) in [4.78, 5) is 11.9. The predicted molar refractivity (Wildman–Crippen MR) is 77.9 cm³/mol. The Balaban J connectivity index is 2.57. The van der Waals surface area contributed by atoms with Crippen LogP contribution in [0, 0.1) is 5.92 Å². The summed E-state index contributed by atoms with van der Waals surface area (Å²) in [5.41, 5.74) is 0.519. The number of amides is 1. The van der Waals surface area contributed by atoms with Gasteiger partial charge in [0.05, 0.1) is 10.0 Å². The van der Waals surface area contributed by atoms with Gasteiger partial charge in [-0.2, -0.15) is 0 Å². The summed E-state index contributed by atoms with van der Waals surface area (Å²) in [5.74, 6) is 0.886. The molecule has 1 rings (SSSR count). The third-order valence-corrected chi connectivity index (χ3v) is 3.79. The third kappa shape index (κ3) is 4.68. The Morgan fingerprint density at radius 2 is 2.06 bits per heavy atom. The number of nitrogens with one attached hydrogen (secondary N) is 1. The molecule has 0 aliphatic carbocycles. The number of hydrogen-bond donors (Lipinski definition) is 1. The lowest BCUT2D eigenvalue weighted by Gasteiger charge is -2.14. The van der Waals surface area contributed by atoms with Gasteiger partial charge in [-0.1, -0.05) is 36.5 Å². The van der Waals surface area contributed by atoms with Crippen molar-refractivity contribution in [3.05, 3.63) is 33.8 Å². The Hall–Kier alpha value is -0.440. The van der Waals surface area contributed by atoms with Crippen molar-refractivity contribution in [2.45, 2.75) is 19.8 Å². The molecule has 0 aliphatic rings. The highest BCUT2D eigenvalue weighted by Crippen LogP contribution is 2.22. The van der Waals surface area contributed by atoms with Crippen LogP contribution in [-0.2, 0) is 0 Å². The highest BCUT2D eigenvalue weighted by Gasteiger charge is 2.11. The van der Waals surface area contributed by atoms with E-state index < -0.39 is 0 Å². The molecule has 1 N–H and O–H groups in total. The van der Waals surface area contributed by atoms with Crippen molar-refractivity contribution >= 4 is 40.7 Å². The Bertz CT molecular complexity index is 409. The lowest BCUT2D eigenvalue weighted by molar-refractivity contribution is 0.0946. The van der Waals surface area contributed by atoms with Gasteiger partial charge < -0.3 is 5.32 Å². The monoisotopic (exact) mass is 307 g/mol. The standard InChI is InChI=1S/C13H16Cl3NO/c1-2-9(5-6-14)8-17-13(18)10-3-4-11(15)12(16)7-10/h3-4,7,9H,2,5-6,8H2,1H3,(H,17,18). The van der Waals surface area contributed by atoms with Crippen LogP contribution < -0.4 is 5.32 Å². The zero-order valence-corrected chi connectivity index (χ0v) is 12.4. The molecule has 1 atom stereocenters. The van der Waals surface area contributed by atoms with Crippen LogP contribution in [0.4, 0.5) is 0 Å². The van der Waals surface area contributed by atoms with Gasteiger partial charge in [-0.05, 0) is 30.5 Å². The molecule has 0 spiro atoms. The Labute approximate surface area is 123 Å². The lowest BCUT2D eigenvalue weighted by Crippen LogP contribution is -2.29. The fourth-order valence-electron chi connectivity index (χ4n) is 1.58. The molecule has 100 valence electrons. The minimum Gasteiger partial charge on any atom is -0.352 e. The van der Waals surface area contributed by atoms with Crippen LogP contribution in [0.25, 0.3) is 0 Å². The van der Waals surface area contributed by atoms with E-state index in [1.165, 1.54) is 0 Å². The molecule has 0 saturated heterocycles. The third-order valence-electron chi connectivity index (χ3n) is 2.83. The fourth-order valence-corrected chi connectivity index (χ4v) is 2.19. The van der Waals surface area contributed by atoms with Gasteiger partial charge in [0.1, 0.15) is 0 Å². The summed E-state index contributed by atoms with van der Waals surface area (Å²) in [5, 5.41) is 3.71. The second-order valence-electron chi connectivity index (χ2n) is 4.09. The first-order valence-corrected chi connectivity index (χ1v) is 7.16. The molecule has 18 heavy (non-hydrogen) atoms. The predicted octanol–water partition coefficient (Wildman–Crippen LogP) is 4.38. The average molecular weight is 309 g/mol. The van der Waals surface area contributed by atoms with Crippen LogP contribution in [0.5, 0.6) is 0 Å². The van der Waals surface area contributed by atoms with Crippen LogP contribution in [0.1, 0.15) is 30.1 Å². The van der Waals surface area contributed by atoms with Gasteiger partial charge in [-0.25, -0.2) is 0 Å². The number of rotatable bonds is 6. The maximum Gasteiger partial charge on any atom is 0.251 e. The summed E-state index contributed by atoms with van der Waals surface area (Å²) < 4.78 is 0. The highest BCUT2D eigenvalue weighted by atomic mass is 35.5. The van der Waals surface area contributed by atoms with E-state index in [2.05, 4.69) is 12.2 Å². The van der Waals surface area contributed by atoms with Gasteiger partial charge in [0, 0.05) is 18.0 Å². The highest BCUT2D eigenvalue weighted by molar-refractivity contribution is 6.42. The van der Waals surface area contributed by atoms with E-state index in [1.807, 2.05) is 0 Å². The fraction of sp³-hybridized carbons (Fsp3) is 0.462. The minimum atomic E-state index is -0.137. The zero-order chi connectivity index (χ0) is 13.5.